The van der Waals surface area contributed by atoms with E-state index in [4.69, 9.17) is 23.7 Å². The van der Waals surface area contributed by atoms with E-state index in [0.717, 1.165) is 5.56 Å². The molecule has 6 nitrogen and oxygen atoms in total. The molecule has 1 N–H and O–H groups in total. The van der Waals surface area contributed by atoms with Crippen LogP contribution in [0.4, 0.5) is 0 Å². The highest BCUT2D eigenvalue weighted by molar-refractivity contribution is 5.21. The molecule has 6 heteroatoms. The van der Waals surface area contributed by atoms with Crippen molar-refractivity contribution in [1.82, 2.24) is 0 Å². The van der Waals surface area contributed by atoms with Gasteiger partial charge in [-0.15, -0.1) is 0 Å². The minimum atomic E-state index is -0.969. The van der Waals surface area contributed by atoms with Crippen molar-refractivity contribution in [1.29, 1.82) is 0 Å². The van der Waals surface area contributed by atoms with Crippen LogP contribution in [0, 0.1) is 0 Å². The van der Waals surface area contributed by atoms with Crippen LogP contribution in [-0.4, -0.2) is 55.3 Å². The number of ether oxygens (including phenoxy) is 5. The summed E-state index contributed by atoms with van der Waals surface area (Å²) in [6.07, 6.45) is -3.18. The standard InChI is InChI=1S/C19H28O6/c1-18(2,12-9-7-6-8-10-12)24-16-14(20)17(21-5)23-13-11-22-19(3,4)25-15(13)16/h6-10,13-17,20H,11H2,1-5H3/t13-,14-,15-,16-,17+/m1/s1. The summed E-state index contributed by atoms with van der Waals surface area (Å²) in [6, 6.07) is 9.91. The molecule has 1 aromatic rings. The first kappa shape index (κ1) is 18.8. The van der Waals surface area contributed by atoms with E-state index in [0.29, 0.717) is 6.61 Å². The van der Waals surface area contributed by atoms with Gasteiger partial charge in [0.05, 0.1) is 12.2 Å². The van der Waals surface area contributed by atoms with Crippen LogP contribution in [0.5, 0.6) is 0 Å². The molecule has 0 amide bonds. The Balaban J connectivity index is 1.87. The number of hydrogen-bond donors (Lipinski definition) is 1. The fraction of sp³-hybridized carbons (Fsp3) is 0.684. The predicted octanol–water partition coefficient (Wildman–Crippen LogP) is 2.19. The zero-order chi connectivity index (χ0) is 18.2. The van der Waals surface area contributed by atoms with E-state index in [1.807, 2.05) is 58.0 Å². The summed E-state index contributed by atoms with van der Waals surface area (Å²) < 4.78 is 29.2. The first-order valence-electron chi connectivity index (χ1n) is 8.65. The minimum absolute atomic E-state index is 0.357. The Morgan fingerprint density at radius 2 is 1.88 bits per heavy atom. The van der Waals surface area contributed by atoms with Crippen molar-refractivity contribution in [2.24, 2.45) is 0 Å². The van der Waals surface area contributed by atoms with E-state index in [2.05, 4.69) is 0 Å². The Kier molecular flexibility index (Phi) is 5.21. The fourth-order valence-corrected chi connectivity index (χ4v) is 3.39. The highest BCUT2D eigenvalue weighted by Gasteiger charge is 2.53. The third-order valence-electron chi connectivity index (χ3n) is 4.76. The molecule has 140 valence electrons. The highest BCUT2D eigenvalue weighted by atomic mass is 16.8. The van der Waals surface area contributed by atoms with Gasteiger partial charge >= 0.3 is 0 Å². The monoisotopic (exact) mass is 352 g/mol. The van der Waals surface area contributed by atoms with Crippen LogP contribution in [0.1, 0.15) is 33.3 Å². The topological polar surface area (TPSA) is 66.4 Å². The molecule has 2 aliphatic heterocycles. The van der Waals surface area contributed by atoms with Gasteiger partial charge in [0.2, 0.25) is 0 Å². The van der Waals surface area contributed by atoms with Crippen LogP contribution in [-0.2, 0) is 29.3 Å². The summed E-state index contributed by atoms with van der Waals surface area (Å²) in [7, 11) is 1.50. The van der Waals surface area contributed by atoms with E-state index >= 15 is 0 Å². The van der Waals surface area contributed by atoms with Gasteiger partial charge in [0.25, 0.3) is 0 Å². The molecule has 2 saturated heterocycles. The molecule has 2 aliphatic rings. The van der Waals surface area contributed by atoms with Crippen molar-refractivity contribution >= 4 is 0 Å². The van der Waals surface area contributed by atoms with Crippen molar-refractivity contribution in [3.8, 4) is 0 Å². The average molecular weight is 352 g/mol. The maximum absolute atomic E-state index is 10.8. The summed E-state index contributed by atoms with van der Waals surface area (Å²) in [6.45, 7) is 8.00. The second-order valence-corrected chi connectivity index (χ2v) is 7.52. The van der Waals surface area contributed by atoms with Gasteiger partial charge in [0.1, 0.15) is 24.4 Å². The lowest BCUT2D eigenvalue weighted by Crippen LogP contribution is -2.66. The summed E-state index contributed by atoms with van der Waals surface area (Å²) in [5.41, 5.74) is 0.407. The second kappa shape index (κ2) is 6.95. The number of fused-ring (bicyclic) bond motifs is 1. The molecule has 5 atom stereocenters. The Morgan fingerprint density at radius 3 is 2.52 bits per heavy atom. The molecular formula is C19H28O6. The summed E-state index contributed by atoms with van der Waals surface area (Å²) in [4.78, 5) is 0. The Labute approximate surface area is 149 Å². The molecule has 2 fully saturated rings. The molecule has 0 unspecified atom stereocenters. The SMILES string of the molecule is CO[C@H]1O[C@@H]2COC(C)(C)O[C@H]2[C@H](OC(C)(C)c2ccccc2)[C@H]1O. The number of aliphatic hydroxyl groups excluding tert-OH is 1. The molecule has 0 aromatic heterocycles. The van der Waals surface area contributed by atoms with Crippen molar-refractivity contribution in [2.75, 3.05) is 13.7 Å². The Bertz CT molecular complexity index is 573. The van der Waals surface area contributed by atoms with Crippen molar-refractivity contribution in [2.45, 2.75) is 69.8 Å². The third-order valence-corrected chi connectivity index (χ3v) is 4.76. The lowest BCUT2D eigenvalue weighted by molar-refractivity contribution is -0.390. The maximum atomic E-state index is 10.8. The van der Waals surface area contributed by atoms with Gasteiger partial charge in [-0.05, 0) is 33.3 Å². The molecule has 0 aliphatic carbocycles. The van der Waals surface area contributed by atoms with Crippen molar-refractivity contribution < 1.29 is 28.8 Å². The van der Waals surface area contributed by atoms with E-state index in [9.17, 15) is 5.11 Å². The summed E-state index contributed by atoms with van der Waals surface area (Å²) in [5, 5.41) is 10.8. The Hall–Kier alpha value is -1.02. The normalized spacial score (nSPS) is 35.2. The van der Waals surface area contributed by atoms with Crippen molar-refractivity contribution in [3.63, 3.8) is 0 Å². The predicted molar refractivity (Wildman–Crippen MR) is 90.9 cm³/mol. The van der Waals surface area contributed by atoms with E-state index in [-0.39, 0.29) is 6.10 Å². The van der Waals surface area contributed by atoms with Crippen LogP contribution in [0.2, 0.25) is 0 Å². The van der Waals surface area contributed by atoms with E-state index in [1.165, 1.54) is 7.11 Å². The number of hydrogen-bond acceptors (Lipinski definition) is 6. The van der Waals surface area contributed by atoms with Gasteiger partial charge in [0.15, 0.2) is 12.1 Å². The number of aliphatic hydroxyl groups is 1. The molecule has 0 radical (unpaired) electrons. The number of benzene rings is 1. The second-order valence-electron chi connectivity index (χ2n) is 7.52. The van der Waals surface area contributed by atoms with Crippen LogP contribution in [0.3, 0.4) is 0 Å². The van der Waals surface area contributed by atoms with Gasteiger partial charge in [-0.3, -0.25) is 0 Å². The zero-order valence-corrected chi connectivity index (χ0v) is 15.5. The fourth-order valence-electron chi connectivity index (χ4n) is 3.39. The van der Waals surface area contributed by atoms with Crippen LogP contribution < -0.4 is 0 Å². The lowest BCUT2D eigenvalue weighted by Gasteiger charge is -2.51. The smallest absolute Gasteiger partial charge is 0.186 e. The van der Waals surface area contributed by atoms with Gasteiger partial charge in [0, 0.05) is 7.11 Å². The highest BCUT2D eigenvalue weighted by Crippen LogP contribution is 2.37. The molecule has 0 bridgehead atoms. The van der Waals surface area contributed by atoms with E-state index in [1.54, 1.807) is 0 Å². The van der Waals surface area contributed by atoms with Crippen LogP contribution in [0.25, 0.3) is 0 Å². The molecular weight excluding hydrogens is 324 g/mol. The number of rotatable bonds is 4. The van der Waals surface area contributed by atoms with Crippen LogP contribution >= 0.6 is 0 Å². The van der Waals surface area contributed by atoms with Gasteiger partial charge in [-0.2, -0.15) is 0 Å². The number of methoxy groups -OCH3 is 1. The minimum Gasteiger partial charge on any atom is -0.385 e. The van der Waals surface area contributed by atoms with Crippen molar-refractivity contribution in [3.05, 3.63) is 35.9 Å². The lowest BCUT2D eigenvalue weighted by atomic mass is 9.93. The molecule has 0 saturated carbocycles. The quantitative estimate of drug-likeness (QED) is 0.896. The van der Waals surface area contributed by atoms with Crippen LogP contribution in [0.15, 0.2) is 30.3 Å². The Morgan fingerprint density at radius 1 is 1.20 bits per heavy atom. The summed E-state index contributed by atoms with van der Waals surface area (Å²) >= 11 is 0. The van der Waals surface area contributed by atoms with Gasteiger partial charge < -0.3 is 28.8 Å². The molecule has 3 rings (SSSR count). The first-order chi connectivity index (χ1) is 11.7. The molecule has 25 heavy (non-hydrogen) atoms. The van der Waals surface area contributed by atoms with Gasteiger partial charge in [-0.25, -0.2) is 0 Å². The van der Waals surface area contributed by atoms with Gasteiger partial charge in [-0.1, -0.05) is 30.3 Å². The molecule has 1 aromatic carbocycles. The molecule has 2 heterocycles. The maximum Gasteiger partial charge on any atom is 0.186 e. The van der Waals surface area contributed by atoms with E-state index < -0.39 is 36.0 Å². The third kappa shape index (κ3) is 3.89. The zero-order valence-electron chi connectivity index (χ0n) is 15.5. The largest absolute Gasteiger partial charge is 0.385 e. The first-order valence-corrected chi connectivity index (χ1v) is 8.65. The average Bonchev–Trinajstić information content (AvgIpc) is 2.58. The molecule has 0 spiro atoms. The summed E-state index contributed by atoms with van der Waals surface area (Å²) in [5.74, 6) is -0.761.